The van der Waals surface area contributed by atoms with Gasteiger partial charge in [0.2, 0.25) is 0 Å². The molecule has 0 unspecified atom stereocenters. The van der Waals surface area contributed by atoms with E-state index in [4.69, 9.17) is 23.7 Å². The second kappa shape index (κ2) is 10.0. The number of hydrogen-bond donors (Lipinski definition) is 1. The van der Waals surface area contributed by atoms with E-state index in [0.717, 1.165) is 53.9 Å². The Balaban J connectivity index is 1.36. The molecule has 3 aromatic rings. The third-order valence-corrected chi connectivity index (χ3v) is 8.94. The van der Waals surface area contributed by atoms with E-state index in [1.165, 1.54) is 12.1 Å². The monoisotopic (exact) mass is 537 g/mol. The normalized spacial score (nSPS) is 22.1. The number of nitrogens with one attached hydrogen (secondary N) is 1. The molecular formula is C29H31NO7S. The molecule has 38 heavy (non-hydrogen) atoms. The molecule has 2 heterocycles. The zero-order valence-corrected chi connectivity index (χ0v) is 22.3. The van der Waals surface area contributed by atoms with Crippen molar-refractivity contribution in [3.8, 4) is 23.0 Å². The van der Waals surface area contributed by atoms with E-state index < -0.39 is 16.1 Å². The van der Waals surface area contributed by atoms with Gasteiger partial charge in [-0.2, -0.15) is 0 Å². The third kappa shape index (κ3) is 4.43. The first-order valence-corrected chi connectivity index (χ1v) is 14.4. The molecule has 0 saturated heterocycles. The topological polar surface area (TPSA) is 92.3 Å². The summed E-state index contributed by atoms with van der Waals surface area (Å²) in [7, 11) is -0.520. The molecular weight excluding hydrogens is 506 g/mol. The Labute approximate surface area is 222 Å². The molecule has 0 radical (unpaired) electrons. The van der Waals surface area contributed by atoms with Crippen molar-refractivity contribution in [3.05, 3.63) is 71.3 Å². The van der Waals surface area contributed by atoms with Gasteiger partial charge >= 0.3 is 0 Å². The molecule has 6 rings (SSSR count). The van der Waals surface area contributed by atoms with Gasteiger partial charge in [-0.3, -0.25) is 4.72 Å². The van der Waals surface area contributed by atoms with E-state index in [1.807, 2.05) is 30.3 Å². The van der Waals surface area contributed by atoms with Gasteiger partial charge in [0.25, 0.3) is 10.0 Å². The van der Waals surface area contributed by atoms with Crippen LogP contribution in [0.15, 0.2) is 59.5 Å². The standard InChI is InChI=1S/C29H31NO7S/c1-33-24-12-13-25(34-2)28-27(24)21-8-3-4-9-22(21)37-29(28)18-6-5-7-19(16-18)30-38(31,32)20-10-11-23-26(17-20)36-15-14-35-23/h5-7,10-13,16-17,21-22,29-30H,3-4,8-9,14-15H2,1-2H3/t21-,22-,29+/m1/s1. The summed E-state index contributed by atoms with van der Waals surface area (Å²) in [5.74, 6) is 2.76. The smallest absolute Gasteiger partial charge is 0.262 e. The summed E-state index contributed by atoms with van der Waals surface area (Å²) in [5, 5.41) is 0. The Morgan fingerprint density at radius 1 is 0.842 bits per heavy atom. The van der Waals surface area contributed by atoms with Crippen LogP contribution in [0.1, 0.15) is 54.4 Å². The number of methoxy groups -OCH3 is 2. The average Bonchev–Trinajstić information content (AvgIpc) is 2.95. The van der Waals surface area contributed by atoms with Crippen molar-refractivity contribution in [3.63, 3.8) is 0 Å². The Morgan fingerprint density at radius 2 is 1.58 bits per heavy atom. The zero-order valence-electron chi connectivity index (χ0n) is 21.4. The quantitative estimate of drug-likeness (QED) is 0.449. The highest BCUT2D eigenvalue weighted by molar-refractivity contribution is 7.92. The van der Waals surface area contributed by atoms with E-state index in [2.05, 4.69) is 4.72 Å². The number of ether oxygens (including phenoxy) is 5. The Kier molecular flexibility index (Phi) is 6.57. The van der Waals surface area contributed by atoms with Crippen LogP contribution < -0.4 is 23.7 Å². The van der Waals surface area contributed by atoms with Gasteiger partial charge in [0.05, 0.1) is 25.2 Å². The summed E-state index contributed by atoms with van der Waals surface area (Å²) in [6.07, 6.45) is 3.89. The molecule has 0 bridgehead atoms. The van der Waals surface area contributed by atoms with E-state index in [1.54, 1.807) is 26.4 Å². The van der Waals surface area contributed by atoms with Crippen molar-refractivity contribution < 1.29 is 32.1 Å². The predicted octanol–water partition coefficient (Wildman–Crippen LogP) is 5.42. The van der Waals surface area contributed by atoms with Gasteiger partial charge in [-0.05, 0) is 54.8 Å². The van der Waals surface area contributed by atoms with E-state index >= 15 is 0 Å². The minimum absolute atomic E-state index is 0.0559. The molecule has 3 aliphatic rings. The Morgan fingerprint density at radius 3 is 2.37 bits per heavy atom. The van der Waals surface area contributed by atoms with Gasteiger partial charge < -0.3 is 23.7 Å². The molecule has 8 nitrogen and oxygen atoms in total. The zero-order chi connectivity index (χ0) is 26.3. The average molecular weight is 538 g/mol. The number of anilines is 1. The van der Waals surface area contributed by atoms with Crippen LogP contribution >= 0.6 is 0 Å². The molecule has 3 aromatic carbocycles. The summed E-state index contributed by atoms with van der Waals surface area (Å²) in [6.45, 7) is 0.819. The first kappa shape index (κ1) is 24.9. The molecule has 0 amide bonds. The van der Waals surface area contributed by atoms with E-state index in [-0.39, 0.29) is 16.9 Å². The maximum atomic E-state index is 13.3. The minimum atomic E-state index is -3.87. The van der Waals surface area contributed by atoms with Crippen LogP contribution in [0.4, 0.5) is 5.69 Å². The Hall–Kier alpha value is -3.43. The molecule has 200 valence electrons. The van der Waals surface area contributed by atoms with Crippen LogP contribution in [-0.2, 0) is 14.8 Å². The van der Waals surface area contributed by atoms with Gasteiger partial charge in [0.15, 0.2) is 11.5 Å². The fraction of sp³-hybridized carbons (Fsp3) is 0.379. The van der Waals surface area contributed by atoms with Crippen LogP contribution in [0.2, 0.25) is 0 Å². The molecule has 1 fully saturated rings. The molecule has 1 saturated carbocycles. The van der Waals surface area contributed by atoms with Gasteiger partial charge in [0.1, 0.15) is 30.8 Å². The van der Waals surface area contributed by atoms with Gasteiger partial charge in [-0.15, -0.1) is 0 Å². The maximum Gasteiger partial charge on any atom is 0.262 e. The van der Waals surface area contributed by atoms with E-state index in [0.29, 0.717) is 30.4 Å². The number of rotatable bonds is 6. The highest BCUT2D eigenvalue weighted by Crippen LogP contribution is 2.53. The van der Waals surface area contributed by atoms with Crippen molar-refractivity contribution in [1.29, 1.82) is 0 Å². The van der Waals surface area contributed by atoms with Crippen LogP contribution in [0.25, 0.3) is 0 Å². The molecule has 1 aliphatic carbocycles. The molecule has 2 aliphatic heterocycles. The molecule has 3 atom stereocenters. The summed E-state index contributed by atoms with van der Waals surface area (Å²) < 4.78 is 58.7. The van der Waals surface area contributed by atoms with Crippen molar-refractivity contribution in [2.24, 2.45) is 0 Å². The highest BCUT2D eigenvalue weighted by atomic mass is 32.2. The number of fused-ring (bicyclic) bond motifs is 4. The fourth-order valence-electron chi connectivity index (χ4n) is 5.85. The lowest BCUT2D eigenvalue weighted by Crippen LogP contribution is -2.34. The van der Waals surface area contributed by atoms with Crippen molar-refractivity contribution in [2.75, 3.05) is 32.2 Å². The minimum Gasteiger partial charge on any atom is -0.496 e. The van der Waals surface area contributed by atoms with Gasteiger partial charge in [-0.25, -0.2) is 8.42 Å². The lowest BCUT2D eigenvalue weighted by molar-refractivity contribution is -0.0406. The van der Waals surface area contributed by atoms with Crippen LogP contribution in [0, 0.1) is 0 Å². The first-order valence-electron chi connectivity index (χ1n) is 12.9. The number of hydrogen-bond acceptors (Lipinski definition) is 7. The molecule has 9 heteroatoms. The van der Waals surface area contributed by atoms with Gasteiger partial charge in [-0.1, -0.05) is 25.0 Å². The lowest BCUT2D eigenvalue weighted by atomic mass is 9.75. The summed E-state index contributed by atoms with van der Waals surface area (Å²) in [5.41, 5.74) is 3.36. The number of benzene rings is 3. The largest absolute Gasteiger partial charge is 0.496 e. The van der Waals surface area contributed by atoms with Crippen molar-refractivity contribution in [2.45, 2.75) is 48.7 Å². The fourth-order valence-corrected chi connectivity index (χ4v) is 6.92. The summed E-state index contributed by atoms with van der Waals surface area (Å²) >= 11 is 0. The van der Waals surface area contributed by atoms with Gasteiger partial charge in [0, 0.05) is 28.8 Å². The predicted molar refractivity (Wildman–Crippen MR) is 142 cm³/mol. The van der Waals surface area contributed by atoms with Crippen LogP contribution in [0.3, 0.4) is 0 Å². The first-order chi connectivity index (χ1) is 18.5. The molecule has 0 aromatic heterocycles. The van der Waals surface area contributed by atoms with Crippen LogP contribution in [-0.4, -0.2) is 42.0 Å². The summed E-state index contributed by atoms with van der Waals surface area (Å²) in [6, 6.07) is 15.8. The van der Waals surface area contributed by atoms with Crippen LogP contribution in [0.5, 0.6) is 23.0 Å². The Bertz CT molecular complexity index is 1460. The van der Waals surface area contributed by atoms with Crippen molar-refractivity contribution >= 4 is 15.7 Å². The second-order valence-corrected chi connectivity index (χ2v) is 11.5. The SMILES string of the molecule is COc1ccc(OC)c2c1[C@H](c1cccc(NS(=O)(=O)c3ccc4c(c3)OCCO4)c1)O[C@@H]1CCCC[C@@H]21. The highest BCUT2D eigenvalue weighted by Gasteiger charge is 2.41. The number of sulfonamides is 1. The second-order valence-electron chi connectivity index (χ2n) is 9.78. The molecule has 1 N–H and O–H groups in total. The summed E-state index contributed by atoms with van der Waals surface area (Å²) in [4.78, 5) is 0.0999. The van der Waals surface area contributed by atoms with Crippen molar-refractivity contribution in [1.82, 2.24) is 0 Å². The lowest BCUT2D eigenvalue weighted by Gasteiger charge is -2.42. The third-order valence-electron chi connectivity index (χ3n) is 7.56. The maximum absolute atomic E-state index is 13.3. The molecule has 0 spiro atoms. The van der Waals surface area contributed by atoms with E-state index in [9.17, 15) is 8.42 Å².